The molecule has 0 saturated carbocycles. The van der Waals surface area contributed by atoms with Crippen molar-refractivity contribution in [2.75, 3.05) is 19.6 Å². The molecule has 2 fully saturated rings. The number of hydrogen-bond acceptors (Lipinski definition) is 4. The molecule has 1 aromatic carbocycles. The Labute approximate surface area is 164 Å². The number of rotatable bonds is 3. The second-order valence-electron chi connectivity index (χ2n) is 7.37. The van der Waals surface area contributed by atoms with Crippen LogP contribution in [0.3, 0.4) is 0 Å². The molecule has 29 heavy (non-hydrogen) atoms. The van der Waals surface area contributed by atoms with Crippen LogP contribution in [0, 0.1) is 0 Å². The van der Waals surface area contributed by atoms with Gasteiger partial charge >= 0.3 is 12.3 Å². The second kappa shape index (κ2) is 7.13. The number of benzene rings is 1. The van der Waals surface area contributed by atoms with E-state index in [1.54, 1.807) is 17.0 Å². The first kappa shape index (κ1) is 19.4. The summed E-state index contributed by atoms with van der Waals surface area (Å²) in [6.45, 7) is 1.38. The van der Waals surface area contributed by atoms with Crippen molar-refractivity contribution in [2.24, 2.45) is 0 Å². The van der Waals surface area contributed by atoms with E-state index in [0.717, 1.165) is 12.1 Å². The van der Waals surface area contributed by atoms with Gasteiger partial charge in [-0.05, 0) is 29.8 Å². The van der Waals surface area contributed by atoms with Crippen molar-refractivity contribution < 1.29 is 31.9 Å². The molecule has 0 aliphatic carbocycles. The lowest BCUT2D eigenvalue weighted by atomic mass is 9.91. The van der Waals surface area contributed by atoms with Gasteiger partial charge in [0.1, 0.15) is 5.60 Å². The van der Waals surface area contributed by atoms with Crippen molar-refractivity contribution in [2.45, 2.75) is 31.2 Å². The van der Waals surface area contributed by atoms with Gasteiger partial charge in [-0.3, -0.25) is 9.69 Å². The third kappa shape index (κ3) is 3.94. The highest BCUT2D eigenvalue weighted by molar-refractivity contribution is 5.91. The summed E-state index contributed by atoms with van der Waals surface area (Å²) in [5.74, 6) is 0.0732. The topological polar surface area (TPSA) is 63.0 Å². The van der Waals surface area contributed by atoms with E-state index in [0.29, 0.717) is 38.0 Å². The Balaban J connectivity index is 1.36. The minimum Gasteiger partial charge on any atom is -0.459 e. The molecule has 4 rings (SSSR count). The lowest BCUT2D eigenvalue weighted by molar-refractivity contribution is -0.137. The number of ether oxygens (including phenoxy) is 1. The van der Waals surface area contributed by atoms with Crippen LogP contribution in [0.5, 0.6) is 0 Å². The van der Waals surface area contributed by atoms with Gasteiger partial charge in [-0.2, -0.15) is 13.2 Å². The van der Waals surface area contributed by atoms with Crippen LogP contribution in [0.15, 0.2) is 47.1 Å². The van der Waals surface area contributed by atoms with E-state index < -0.39 is 23.4 Å². The predicted molar refractivity (Wildman–Crippen MR) is 94.9 cm³/mol. The Bertz CT molecular complexity index is 885. The molecule has 9 heteroatoms. The van der Waals surface area contributed by atoms with E-state index in [9.17, 15) is 22.8 Å². The number of carbonyl (C=O) groups excluding carboxylic acids is 2. The van der Waals surface area contributed by atoms with Gasteiger partial charge in [0.05, 0.1) is 18.4 Å². The maximum atomic E-state index is 12.7. The summed E-state index contributed by atoms with van der Waals surface area (Å²) in [6.07, 6.45) is -2.45. The van der Waals surface area contributed by atoms with Crippen LogP contribution in [-0.2, 0) is 17.5 Å². The zero-order chi connectivity index (χ0) is 20.6. The van der Waals surface area contributed by atoms with Crippen LogP contribution in [0.4, 0.5) is 18.0 Å². The smallest absolute Gasteiger partial charge is 0.416 e. The van der Waals surface area contributed by atoms with E-state index in [2.05, 4.69) is 0 Å². The standard InChI is InChI=1S/C20H19F3N2O4/c21-20(22,23)15-5-3-14(4-6-15)12-25-13-19(29-18(25)27)7-9-24(10-8-19)17(26)16-2-1-11-28-16/h1-6,11H,7-10,12-13H2. The molecule has 0 radical (unpaired) electrons. The number of halogens is 3. The minimum atomic E-state index is -4.39. The third-order valence-corrected chi connectivity index (χ3v) is 5.39. The summed E-state index contributed by atoms with van der Waals surface area (Å²) in [5, 5.41) is 0. The number of furan rings is 1. The number of hydrogen-bond donors (Lipinski definition) is 0. The number of piperidine rings is 1. The molecule has 2 amide bonds. The predicted octanol–water partition coefficient (Wildman–Crippen LogP) is 3.93. The SMILES string of the molecule is O=C1OC2(CCN(C(=O)c3ccco3)CC2)CN1Cc1ccc(C(F)(F)F)cc1. The van der Waals surface area contributed by atoms with Crippen LogP contribution < -0.4 is 0 Å². The van der Waals surface area contributed by atoms with Crippen LogP contribution in [0.1, 0.15) is 34.5 Å². The average Bonchev–Trinajstić information content (AvgIpc) is 3.31. The lowest BCUT2D eigenvalue weighted by Crippen LogP contribution is -2.48. The summed E-state index contributed by atoms with van der Waals surface area (Å²) in [7, 11) is 0. The Morgan fingerprint density at radius 2 is 1.79 bits per heavy atom. The van der Waals surface area contributed by atoms with Crippen LogP contribution >= 0.6 is 0 Å². The Morgan fingerprint density at radius 3 is 2.38 bits per heavy atom. The van der Waals surface area contributed by atoms with E-state index in [1.807, 2.05) is 0 Å². The summed E-state index contributed by atoms with van der Waals surface area (Å²) < 4.78 is 48.8. The van der Waals surface area contributed by atoms with Gasteiger partial charge in [0.15, 0.2) is 5.76 Å². The maximum Gasteiger partial charge on any atom is 0.416 e. The zero-order valence-electron chi connectivity index (χ0n) is 15.4. The molecule has 1 aromatic heterocycles. The van der Waals surface area contributed by atoms with Gasteiger partial charge < -0.3 is 14.1 Å². The number of alkyl halides is 3. The molecule has 2 saturated heterocycles. The van der Waals surface area contributed by atoms with Crippen LogP contribution in [-0.4, -0.2) is 47.0 Å². The van der Waals surface area contributed by atoms with Gasteiger partial charge in [-0.25, -0.2) is 4.79 Å². The Hall–Kier alpha value is -2.97. The van der Waals surface area contributed by atoms with Gasteiger partial charge in [-0.15, -0.1) is 0 Å². The highest BCUT2D eigenvalue weighted by Gasteiger charge is 2.47. The number of likely N-dealkylation sites (tertiary alicyclic amines) is 1. The van der Waals surface area contributed by atoms with Crippen LogP contribution in [0.25, 0.3) is 0 Å². The molecule has 154 valence electrons. The molecule has 0 unspecified atom stereocenters. The minimum absolute atomic E-state index is 0.174. The molecule has 0 N–H and O–H groups in total. The molecule has 1 spiro atoms. The van der Waals surface area contributed by atoms with Crippen molar-refractivity contribution in [3.63, 3.8) is 0 Å². The van der Waals surface area contributed by atoms with Gasteiger partial charge in [0.2, 0.25) is 0 Å². The second-order valence-corrected chi connectivity index (χ2v) is 7.37. The van der Waals surface area contributed by atoms with Gasteiger partial charge in [0, 0.05) is 32.5 Å². The Morgan fingerprint density at radius 1 is 1.10 bits per heavy atom. The largest absolute Gasteiger partial charge is 0.459 e. The van der Waals surface area contributed by atoms with Crippen molar-refractivity contribution in [1.29, 1.82) is 0 Å². The van der Waals surface area contributed by atoms with E-state index in [-0.39, 0.29) is 18.2 Å². The normalized spacial score (nSPS) is 18.9. The van der Waals surface area contributed by atoms with Crippen molar-refractivity contribution in [3.8, 4) is 0 Å². The monoisotopic (exact) mass is 408 g/mol. The highest BCUT2D eigenvalue weighted by atomic mass is 19.4. The molecule has 3 heterocycles. The molecule has 0 bridgehead atoms. The summed E-state index contributed by atoms with van der Waals surface area (Å²) in [4.78, 5) is 27.8. The first-order valence-electron chi connectivity index (χ1n) is 9.23. The molecular formula is C20H19F3N2O4. The summed E-state index contributed by atoms with van der Waals surface area (Å²) in [5.41, 5.74) is -0.809. The van der Waals surface area contributed by atoms with Crippen molar-refractivity contribution in [3.05, 3.63) is 59.5 Å². The highest BCUT2D eigenvalue weighted by Crippen LogP contribution is 2.35. The van der Waals surface area contributed by atoms with E-state index in [1.165, 1.54) is 23.3 Å². The molecule has 2 aliphatic heterocycles. The number of amides is 2. The van der Waals surface area contributed by atoms with Gasteiger partial charge in [0.25, 0.3) is 5.91 Å². The summed E-state index contributed by atoms with van der Waals surface area (Å²) in [6, 6.07) is 8.00. The molecule has 2 aromatic rings. The lowest BCUT2D eigenvalue weighted by Gasteiger charge is -2.37. The Kier molecular flexibility index (Phi) is 4.76. The number of carbonyl (C=O) groups is 2. The molecule has 6 nitrogen and oxygen atoms in total. The quantitative estimate of drug-likeness (QED) is 0.772. The first-order valence-corrected chi connectivity index (χ1v) is 9.23. The van der Waals surface area contributed by atoms with E-state index in [4.69, 9.17) is 9.15 Å². The molecule has 0 atom stereocenters. The van der Waals surface area contributed by atoms with Gasteiger partial charge in [-0.1, -0.05) is 12.1 Å². The maximum absolute atomic E-state index is 12.7. The summed E-state index contributed by atoms with van der Waals surface area (Å²) >= 11 is 0. The van der Waals surface area contributed by atoms with E-state index >= 15 is 0 Å². The zero-order valence-corrected chi connectivity index (χ0v) is 15.4. The molecule has 2 aliphatic rings. The number of nitrogens with zero attached hydrogens (tertiary/aromatic N) is 2. The molecular weight excluding hydrogens is 389 g/mol. The average molecular weight is 408 g/mol. The van der Waals surface area contributed by atoms with Crippen LogP contribution in [0.2, 0.25) is 0 Å². The van der Waals surface area contributed by atoms with Crippen molar-refractivity contribution >= 4 is 12.0 Å². The van der Waals surface area contributed by atoms with Crippen molar-refractivity contribution in [1.82, 2.24) is 9.80 Å². The third-order valence-electron chi connectivity index (χ3n) is 5.39. The first-order chi connectivity index (χ1) is 13.8. The fraction of sp³-hybridized carbons (Fsp3) is 0.400. The fourth-order valence-corrected chi connectivity index (χ4v) is 3.77. The fourth-order valence-electron chi connectivity index (χ4n) is 3.77.